The Labute approximate surface area is 261 Å². The zero-order valence-corrected chi connectivity index (χ0v) is 26.7. The van der Waals surface area contributed by atoms with Crippen LogP contribution in [-0.4, -0.2) is 44.7 Å². The Morgan fingerprint density at radius 3 is 1.30 bits per heavy atom. The maximum absolute atomic E-state index is 11.3. The van der Waals surface area contributed by atoms with Gasteiger partial charge in [-0.25, -0.2) is 0 Å². The molecule has 0 bridgehead atoms. The fourth-order valence-electron chi connectivity index (χ4n) is 5.87. The minimum Gasteiger partial charge on any atom is -0.507 e. The fraction of sp³-hybridized carbons (Fsp3) is 0.368. The average Bonchev–Trinajstić information content (AvgIpc) is 3.00. The zero-order valence-electron chi connectivity index (χ0n) is 26.7. The second-order valence-corrected chi connectivity index (χ2v) is 13.9. The summed E-state index contributed by atoms with van der Waals surface area (Å²) in [6, 6.07) is 16.0. The van der Waals surface area contributed by atoms with Crippen LogP contribution in [0.3, 0.4) is 0 Å². The van der Waals surface area contributed by atoms with Gasteiger partial charge in [-0.15, -0.1) is 0 Å². The molecule has 0 radical (unpaired) electrons. The van der Waals surface area contributed by atoms with Gasteiger partial charge in [0.1, 0.15) is 11.5 Å². The molecule has 1 aliphatic rings. The van der Waals surface area contributed by atoms with E-state index in [1.165, 1.54) is 0 Å². The lowest BCUT2D eigenvalue weighted by atomic mass is 9.83. The minimum absolute atomic E-state index is 0.0188. The van der Waals surface area contributed by atoms with E-state index < -0.39 is 0 Å². The number of hydrogen-bond donors (Lipinski definition) is 2. The highest BCUT2D eigenvalue weighted by Crippen LogP contribution is 2.38. The zero-order chi connectivity index (χ0) is 31.5. The molecule has 4 aromatic rings. The summed E-state index contributed by atoms with van der Waals surface area (Å²) >= 11 is 0. The Hall–Kier alpha value is -4.32. The summed E-state index contributed by atoms with van der Waals surface area (Å²) in [7, 11) is 0. The molecule has 2 atom stereocenters. The van der Waals surface area contributed by atoms with Crippen molar-refractivity contribution in [2.24, 2.45) is 9.98 Å². The molecule has 2 heterocycles. The number of hydrogen-bond acceptors (Lipinski definition) is 6. The predicted octanol–water partition coefficient (Wildman–Crippen LogP) is 8.67. The lowest BCUT2D eigenvalue weighted by Crippen LogP contribution is -2.27. The summed E-state index contributed by atoms with van der Waals surface area (Å²) < 4.78 is 0. The van der Waals surface area contributed by atoms with E-state index in [9.17, 15) is 10.2 Å². The first-order chi connectivity index (χ1) is 20.9. The highest BCUT2D eigenvalue weighted by atomic mass is 16.3. The number of aromatic nitrogens is 2. The van der Waals surface area contributed by atoms with Gasteiger partial charge in [0, 0.05) is 59.5 Å². The number of rotatable bonds is 6. The summed E-state index contributed by atoms with van der Waals surface area (Å²) in [5.41, 5.74) is 6.81. The van der Waals surface area contributed by atoms with Gasteiger partial charge in [-0.3, -0.25) is 20.0 Å². The number of pyridine rings is 2. The molecule has 0 unspecified atom stereocenters. The van der Waals surface area contributed by atoms with Gasteiger partial charge in [0.25, 0.3) is 0 Å². The van der Waals surface area contributed by atoms with Crippen molar-refractivity contribution in [1.82, 2.24) is 9.97 Å². The predicted molar refractivity (Wildman–Crippen MR) is 181 cm³/mol. The molecule has 2 N–H and O–H groups in total. The van der Waals surface area contributed by atoms with E-state index in [4.69, 9.17) is 9.98 Å². The molecule has 2 aromatic heterocycles. The SMILES string of the molecule is CC(C)(C)c1cc(-c2ccncc2)cc(C=N[C@H]2CCCC[C@@H]2N=Cc2cc(-c3ccncc3)cc(C(C)(C)C)c2O)c1O. The van der Waals surface area contributed by atoms with Crippen molar-refractivity contribution >= 4 is 12.4 Å². The van der Waals surface area contributed by atoms with E-state index in [0.717, 1.165) is 59.1 Å². The summed E-state index contributed by atoms with van der Waals surface area (Å²) in [5.74, 6) is 0.532. The van der Waals surface area contributed by atoms with Crippen LogP contribution < -0.4 is 0 Å². The molecule has 0 aliphatic heterocycles. The third-order valence-electron chi connectivity index (χ3n) is 8.43. The van der Waals surface area contributed by atoms with E-state index in [1.807, 2.05) is 48.8 Å². The molecule has 44 heavy (non-hydrogen) atoms. The molecule has 6 heteroatoms. The molecule has 0 spiro atoms. The molecule has 0 amide bonds. The Balaban J connectivity index is 1.48. The van der Waals surface area contributed by atoms with Gasteiger partial charge in [0.15, 0.2) is 0 Å². The first kappa shape index (κ1) is 31.1. The normalized spacial score (nSPS) is 17.9. The maximum Gasteiger partial charge on any atom is 0.128 e. The van der Waals surface area contributed by atoms with E-state index >= 15 is 0 Å². The minimum atomic E-state index is -0.244. The van der Waals surface area contributed by atoms with Crippen LogP contribution in [-0.2, 0) is 10.8 Å². The van der Waals surface area contributed by atoms with Crippen molar-refractivity contribution in [3.05, 3.63) is 95.6 Å². The van der Waals surface area contributed by atoms with Gasteiger partial charge in [0.05, 0.1) is 12.1 Å². The summed E-state index contributed by atoms with van der Waals surface area (Å²) in [5, 5.41) is 22.6. The van der Waals surface area contributed by atoms with Gasteiger partial charge in [-0.05, 0) is 94.5 Å². The molecular weight excluding hydrogens is 544 g/mol. The second-order valence-electron chi connectivity index (χ2n) is 13.9. The number of benzene rings is 2. The van der Waals surface area contributed by atoms with Crippen molar-refractivity contribution in [3.8, 4) is 33.8 Å². The summed E-state index contributed by atoms with van der Waals surface area (Å²) in [6.45, 7) is 12.6. The first-order valence-corrected chi connectivity index (χ1v) is 15.5. The topological polar surface area (TPSA) is 91.0 Å². The molecule has 1 fully saturated rings. The van der Waals surface area contributed by atoms with Crippen LogP contribution in [0.5, 0.6) is 11.5 Å². The summed E-state index contributed by atoms with van der Waals surface area (Å²) in [6.07, 6.45) is 14.8. The van der Waals surface area contributed by atoms with Crippen LogP contribution in [0, 0.1) is 0 Å². The molecular formula is C38H44N4O2. The van der Waals surface area contributed by atoms with Gasteiger partial charge in [-0.1, -0.05) is 54.4 Å². The lowest BCUT2D eigenvalue weighted by molar-refractivity contribution is 0.390. The number of nitrogens with zero attached hydrogens (tertiary/aromatic N) is 4. The van der Waals surface area contributed by atoms with Crippen LogP contribution in [0.2, 0.25) is 0 Å². The van der Waals surface area contributed by atoms with E-state index in [0.29, 0.717) is 11.1 Å². The third kappa shape index (κ3) is 7.07. The second kappa shape index (κ2) is 12.7. The van der Waals surface area contributed by atoms with Crippen LogP contribution in [0.4, 0.5) is 0 Å². The molecule has 1 aliphatic carbocycles. The molecule has 2 aromatic carbocycles. The number of phenolic OH excluding ortho intramolecular Hbond substituents is 2. The molecule has 6 nitrogen and oxygen atoms in total. The lowest BCUT2D eigenvalue weighted by Gasteiger charge is -2.26. The Morgan fingerprint density at radius 1 is 0.591 bits per heavy atom. The molecule has 1 saturated carbocycles. The molecule has 0 saturated heterocycles. The monoisotopic (exact) mass is 588 g/mol. The Kier molecular flexibility index (Phi) is 9.00. The Morgan fingerprint density at radius 2 is 0.955 bits per heavy atom. The van der Waals surface area contributed by atoms with Crippen LogP contribution in [0.15, 0.2) is 83.3 Å². The number of aromatic hydroxyl groups is 2. The molecule has 5 rings (SSSR count). The van der Waals surface area contributed by atoms with Gasteiger partial charge in [0.2, 0.25) is 0 Å². The van der Waals surface area contributed by atoms with Crippen molar-refractivity contribution in [2.45, 2.75) is 90.1 Å². The standard InChI is InChI=1S/C38H44N4O2/c1-37(2,3)31-21-27(25-11-15-39-16-12-25)19-29(35(31)43)23-41-33-9-7-8-10-34(33)42-24-30-20-28(26-13-17-40-18-14-26)22-32(36(30)44)38(4,5)6/h11-24,33-34,43-44H,7-10H2,1-6H3/t33-,34-/m0/s1. The van der Waals surface area contributed by atoms with E-state index in [2.05, 4.69) is 63.6 Å². The van der Waals surface area contributed by atoms with E-state index in [-0.39, 0.29) is 34.4 Å². The van der Waals surface area contributed by atoms with Crippen molar-refractivity contribution in [1.29, 1.82) is 0 Å². The maximum atomic E-state index is 11.3. The average molecular weight is 589 g/mol. The largest absolute Gasteiger partial charge is 0.507 e. The third-order valence-corrected chi connectivity index (χ3v) is 8.43. The van der Waals surface area contributed by atoms with Crippen LogP contribution in [0.1, 0.15) is 89.5 Å². The smallest absolute Gasteiger partial charge is 0.128 e. The Bertz CT molecular complexity index is 1520. The summed E-state index contributed by atoms with van der Waals surface area (Å²) in [4.78, 5) is 18.4. The number of phenols is 2. The fourth-order valence-corrected chi connectivity index (χ4v) is 5.87. The van der Waals surface area contributed by atoms with Crippen molar-refractivity contribution < 1.29 is 10.2 Å². The van der Waals surface area contributed by atoms with Crippen molar-refractivity contribution in [3.63, 3.8) is 0 Å². The van der Waals surface area contributed by atoms with Gasteiger partial charge >= 0.3 is 0 Å². The van der Waals surface area contributed by atoms with Crippen LogP contribution >= 0.6 is 0 Å². The quantitative estimate of drug-likeness (QED) is 0.221. The first-order valence-electron chi connectivity index (χ1n) is 15.5. The molecule has 228 valence electrons. The van der Waals surface area contributed by atoms with E-state index in [1.54, 1.807) is 24.8 Å². The van der Waals surface area contributed by atoms with Gasteiger partial charge < -0.3 is 10.2 Å². The van der Waals surface area contributed by atoms with Crippen LogP contribution in [0.25, 0.3) is 22.3 Å². The van der Waals surface area contributed by atoms with Gasteiger partial charge in [-0.2, -0.15) is 0 Å². The highest BCUT2D eigenvalue weighted by Gasteiger charge is 2.26. The van der Waals surface area contributed by atoms with Crippen molar-refractivity contribution in [2.75, 3.05) is 0 Å². The highest BCUT2D eigenvalue weighted by molar-refractivity contribution is 5.89. The number of aliphatic imine (C=N–C) groups is 2.